The van der Waals surface area contributed by atoms with Gasteiger partial charge in [0, 0.05) is 49.9 Å². The number of fused-ring (bicyclic) bond motifs is 2. The van der Waals surface area contributed by atoms with Gasteiger partial charge < -0.3 is 19.5 Å². The van der Waals surface area contributed by atoms with Gasteiger partial charge in [0.15, 0.2) is 0 Å². The molecule has 0 unspecified atom stereocenters. The third kappa shape index (κ3) is 5.31. The largest absolute Gasteiger partial charge is 0.507 e. The number of nitrogens with zero attached hydrogens (tertiary/aromatic N) is 3. The number of phenols is 1. The summed E-state index contributed by atoms with van der Waals surface area (Å²) in [5.41, 5.74) is 4.34. The van der Waals surface area contributed by atoms with E-state index < -0.39 is 0 Å². The van der Waals surface area contributed by atoms with Crippen LogP contribution >= 0.6 is 0 Å². The van der Waals surface area contributed by atoms with Crippen molar-refractivity contribution < 1.29 is 19.4 Å². The number of aromatic amines is 1. The normalized spacial score (nSPS) is 18.9. The van der Waals surface area contributed by atoms with Crippen molar-refractivity contribution in [2.24, 2.45) is 5.92 Å². The topological polar surface area (TPSA) is 90.9 Å². The van der Waals surface area contributed by atoms with E-state index in [2.05, 4.69) is 15.1 Å². The highest BCUT2D eigenvalue weighted by molar-refractivity contribution is 6.01. The van der Waals surface area contributed by atoms with Crippen LogP contribution in [0.2, 0.25) is 0 Å². The van der Waals surface area contributed by atoms with E-state index >= 15 is 0 Å². The van der Waals surface area contributed by atoms with Crippen molar-refractivity contribution in [2.75, 3.05) is 39.5 Å². The van der Waals surface area contributed by atoms with Crippen LogP contribution in [0.15, 0.2) is 30.3 Å². The first-order valence-electron chi connectivity index (χ1n) is 13.7. The Morgan fingerprint density at radius 3 is 2.73 bits per heavy atom. The van der Waals surface area contributed by atoms with Crippen molar-refractivity contribution in [1.82, 2.24) is 20.0 Å². The fourth-order valence-electron chi connectivity index (χ4n) is 6.00. The Bertz CT molecular complexity index is 1260. The Kier molecular flexibility index (Phi) is 7.02. The molecule has 0 atom stereocenters. The van der Waals surface area contributed by atoms with Crippen molar-refractivity contribution in [3.63, 3.8) is 0 Å². The number of rotatable bonds is 7. The summed E-state index contributed by atoms with van der Waals surface area (Å²) in [5, 5.41) is 19.2. The standard InChI is InChI=1S/C29H36N4O4/c34-28-17-27-24(26(30-31-27)14-20-4-2-1-3-5-20)16-25(28)29(35)33-18-21-6-7-23(15-22(21)19-33)37-13-10-32-8-11-36-12-9-32/h6-7,15-17,20,34H,1-5,8-14,18-19H2,(H,30,31). The summed E-state index contributed by atoms with van der Waals surface area (Å²) in [7, 11) is 0. The Balaban J connectivity index is 1.12. The van der Waals surface area contributed by atoms with E-state index in [9.17, 15) is 9.90 Å². The lowest BCUT2D eigenvalue weighted by atomic mass is 9.85. The first-order chi connectivity index (χ1) is 18.1. The predicted molar refractivity (Wildman–Crippen MR) is 141 cm³/mol. The second-order valence-corrected chi connectivity index (χ2v) is 10.7. The van der Waals surface area contributed by atoms with Gasteiger partial charge in [-0.15, -0.1) is 0 Å². The lowest BCUT2D eigenvalue weighted by Gasteiger charge is -2.26. The highest BCUT2D eigenvalue weighted by Crippen LogP contribution is 2.33. The Morgan fingerprint density at radius 2 is 1.89 bits per heavy atom. The lowest BCUT2D eigenvalue weighted by Crippen LogP contribution is -2.38. The lowest BCUT2D eigenvalue weighted by molar-refractivity contribution is 0.0322. The number of benzene rings is 2. The second-order valence-electron chi connectivity index (χ2n) is 10.7. The molecule has 8 nitrogen and oxygen atoms in total. The van der Waals surface area contributed by atoms with Crippen molar-refractivity contribution >= 4 is 16.8 Å². The summed E-state index contributed by atoms with van der Waals surface area (Å²) in [5.74, 6) is 1.31. The number of aromatic nitrogens is 2. The molecule has 2 aromatic carbocycles. The van der Waals surface area contributed by atoms with E-state index in [0.717, 1.165) is 67.2 Å². The van der Waals surface area contributed by atoms with Gasteiger partial charge in [-0.1, -0.05) is 38.2 Å². The van der Waals surface area contributed by atoms with E-state index in [1.165, 1.54) is 32.1 Å². The third-order valence-corrected chi connectivity index (χ3v) is 8.17. The van der Waals surface area contributed by atoms with Crippen LogP contribution in [-0.2, 0) is 24.2 Å². The molecule has 2 fully saturated rings. The summed E-state index contributed by atoms with van der Waals surface area (Å²) in [4.78, 5) is 17.7. The zero-order valence-electron chi connectivity index (χ0n) is 21.4. The van der Waals surface area contributed by atoms with Gasteiger partial charge in [-0.05, 0) is 41.7 Å². The number of morpholine rings is 1. The molecule has 2 aliphatic heterocycles. The number of aromatic hydroxyl groups is 1. The van der Waals surface area contributed by atoms with Crippen LogP contribution in [0.4, 0.5) is 0 Å². The van der Waals surface area contributed by atoms with E-state index in [0.29, 0.717) is 36.7 Å². The summed E-state index contributed by atoms with van der Waals surface area (Å²) >= 11 is 0. The molecular formula is C29H36N4O4. The SMILES string of the molecule is O=C(c1cc2c(CC3CCCCC3)[nH]nc2cc1O)N1Cc2ccc(OCCN3CCOCC3)cc2C1. The zero-order valence-corrected chi connectivity index (χ0v) is 21.4. The fourth-order valence-corrected chi connectivity index (χ4v) is 6.00. The van der Waals surface area contributed by atoms with Crippen LogP contribution in [0.1, 0.15) is 59.3 Å². The maximum Gasteiger partial charge on any atom is 0.258 e. The molecule has 37 heavy (non-hydrogen) atoms. The molecule has 1 aliphatic carbocycles. The van der Waals surface area contributed by atoms with Crippen LogP contribution in [0.3, 0.4) is 0 Å². The van der Waals surface area contributed by atoms with Gasteiger partial charge in [0.05, 0.1) is 24.3 Å². The van der Waals surface area contributed by atoms with Gasteiger partial charge in [0.1, 0.15) is 18.1 Å². The molecule has 196 valence electrons. The van der Waals surface area contributed by atoms with Crippen LogP contribution < -0.4 is 4.74 Å². The summed E-state index contributed by atoms with van der Waals surface area (Å²) in [6.07, 6.45) is 7.34. The van der Waals surface area contributed by atoms with Crippen molar-refractivity contribution in [3.8, 4) is 11.5 Å². The van der Waals surface area contributed by atoms with Crippen LogP contribution in [-0.4, -0.2) is 70.5 Å². The van der Waals surface area contributed by atoms with Crippen molar-refractivity contribution in [2.45, 2.75) is 51.6 Å². The maximum absolute atomic E-state index is 13.5. The van der Waals surface area contributed by atoms with E-state index in [-0.39, 0.29) is 11.7 Å². The highest BCUT2D eigenvalue weighted by atomic mass is 16.5. The number of hydrogen-bond donors (Lipinski definition) is 2. The first-order valence-corrected chi connectivity index (χ1v) is 13.7. The predicted octanol–water partition coefficient (Wildman–Crippen LogP) is 4.26. The van der Waals surface area contributed by atoms with Gasteiger partial charge >= 0.3 is 0 Å². The Labute approximate surface area is 217 Å². The summed E-state index contributed by atoms with van der Waals surface area (Å²) < 4.78 is 11.4. The number of H-pyrrole nitrogens is 1. The van der Waals surface area contributed by atoms with Gasteiger partial charge in [-0.25, -0.2) is 0 Å². The van der Waals surface area contributed by atoms with Crippen LogP contribution in [0, 0.1) is 5.92 Å². The van der Waals surface area contributed by atoms with Crippen molar-refractivity contribution in [3.05, 3.63) is 52.7 Å². The van der Waals surface area contributed by atoms with Crippen LogP contribution in [0.25, 0.3) is 10.9 Å². The molecule has 1 aromatic heterocycles. The molecule has 1 saturated heterocycles. The number of ether oxygens (including phenoxy) is 2. The molecule has 8 heteroatoms. The van der Waals surface area contributed by atoms with Gasteiger partial charge in [0.2, 0.25) is 0 Å². The average Bonchev–Trinajstić information content (AvgIpc) is 3.52. The van der Waals surface area contributed by atoms with E-state index in [1.807, 2.05) is 24.3 Å². The molecule has 0 spiro atoms. The molecule has 3 aliphatic rings. The summed E-state index contributed by atoms with van der Waals surface area (Å²) in [6.45, 7) is 6.01. The minimum Gasteiger partial charge on any atom is -0.507 e. The molecule has 0 bridgehead atoms. The quantitative estimate of drug-likeness (QED) is 0.500. The molecule has 1 amide bonds. The minimum atomic E-state index is -0.157. The zero-order chi connectivity index (χ0) is 25.2. The number of phenolic OH excluding ortho intramolecular Hbond substituents is 1. The molecule has 3 aromatic rings. The smallest absolute Gasteiger partial charge is 0.258 e. The first kappa shape index (κ1) is 24.2. The monoisotopic (exact) mass is 504 g/mol. The number of amides is 1. The van der Waals surface area contributed by atoms with Crippen LogP contribution in [0.5, 0.6) is 11.5 Å². The second kappa shape index (κ2) is 10.7. The molecular weight excluding hydrogens is 468 g/mol. The third-order valence-electron chi connectivity index (χ3n) is 8.17. The van der Waals surface area contributed by atoms with E-state index in [1.54, 1.807) is 11.0 Å². The van der Waals surface area contributed by atoms with E-state index in [4.69, 9.17) is 9.47 Å². The number of nitrogens with one attached hydrogen (secondary N) is 1. The molecule has 0 radical (unpaired) electrons. The average molecular weight is 505 g/mol. The van der Waals surface area contributed by atoms with Gasteiger partial charge in [-0.3, -0.25) is 14.8 Å². The number of carbonyl (C=O) groups excluding carboxylic acids is 1. The highest BCUT2D eigenvalue weighted by Gasteiger charge is 2.27. The van der Waals surface area contributed by atoms with Gasteiger partial charge in [-0.2, -0.15) is 5.10 Å². The molecule has 1 saturated carbocycles. The minimum absolute atomic E-state index is 0.0173. The molecule has 6 rings (SSSR count). The van der Waals surface area contributed by atoms with Crippen molar-refractivity contribution in [1.29, 1.82) is 0 Å². The number of hydrogen-bond acceptors (Lipinski definition) is 6. The fraction of sp³-hybridized carbons (Fsp3) is 0.517. The maximum atomic E-state index is 13.5. The number of carbonyl (C=O) groups is 1. The van der Waals surface area contributed by atoms with Gasteiger partial charge in [0.25, 0.3) is 5.91 Å². The Morgan fingerprint density at radius 1 is 1.08 bits per heavy atom. The molecule has 2 N–H and O–H groups in total. The summed E-state index contributed by atoms with van der Waals surface area (Å²) in [6, 6.07) is 9.53. The molecule has 3 heterocycles. The Hall–Kier alpha value is -3.10.